The maximum absolute atomic E-state index is 13.0. The van der Waals surface area contributed by atoms with Crippen molar-refractivity contribution in [2.75, 3.05) is 39.4 Å². The number of hydrogen-bond donors (Lipinski definition) is 1. The Morgan fingerprint density at radius 1 is 1.12 bits per heavy atom. The second-order valence-electron chi connectivity index (χ2n) is 12.6. The van der Waals surface area contributed by atoms with Gasteiger partial charge in [-0.2, -0.15) is 0 Å². The number of nitrogens with zero attached hydrogens (tertiary/aromatic N) is 3. The SMILES string of the molecule is O=C1c2ccc(O[C@H]3CCN(Cc4ccc5nc(C67CCOCC6C7)ccc5c4)C3)cc2CN1C1CCCNC1. The van der Waals surface area contributed by atoms with Gasteiger partial charge in [0.05, 0.1) is 12.1 Å². The van der Waals surface area contributed by atoms with Gasteiger partial charge < -0.3 is 19.7 Å². The van der Waals surface area contributed by atoms with Gasteiger partial charge in [-0.05, 0) is 92.1 Å². The predicted octanol–water partition coefficient (Wildman–Crippen LogP) is 4.27. The lowest BCUT2D eigenvalue weighted by molar-refractivity contribution is 0.0674. The maximum Gasteiger partial charge on any atom is 0.254 e. The van der Waals surface area contributed by atoms with Gasteiger partial charge in [-0.1, -0.05) is 12.1 Å². The van der Waals surface area contributed by atoms with Crippen LogP contribution in [0.1, 0.15) is 59.3 Å². The third-order valence-electron chi connectivity index (χ3n) is 10.1. The second-order valence-corrected chi connectivity index (χ2v) is 12.6. The van der Waals surface area contributed by atoms with E-state index >= 15 is 0 Å². The zero-order valence-electron chi connectivity index (χ0n) is 23.1. The Labute approximate surface area is 235 Å². The summed E-state index contributed by atoms with van der Waals surface area (Å²) in [6.07, 6.45) is 5.73. The molecule has 5 aliphatic rings. The van der Waals surface area contributed by atoms with Crippen molar-refractivity contribution in [3.05, 3.63) is 70.9 Å². The molecule has 4 fully saturated rings. The summed E-state index contributed by atoms with van der Waals surface area (Å²) in [6.45, 7) is 7.26. The first-order valence-corrected chi connectivity index (χ1v) is 15.2. The molecule has 0 bridgehead atoms. The Bertz CT molecular complexity index is 1450. The number of pyridine rings is 1. The molecule has 4 atom stereocenters. The van der Waals surface area contributed by atoms with E-state index in [1.54, 1.807) is 0 Å². The van der Waals surface area contributed by atoms with Gasteiger partial charge in [-0.15, -0.1) is 0 Å². The number of amides is 1. The summed E-state index contributed by atoms with van der Waals surface area (Å²) in [7, 11) is 0. The molecule has 3 aromatic rings. The summed E-state index contributed by atoms with van der Waals surface area (Å²) in [5.41, 5.74) is 5.90. The molecular formula is C33H38N4O3. The molecule has 5 heterocycles. The number of fused-ring (bicyclic) bond motifs is 3. The van der Waals surface area contributed by atoms with Crippen LogP contribution in [0.15, 0.2) is 48.5 Å². The zero-order chi connectivity index (χ0) is 26.7. The molecule has 8 rings (SSSR count). The first kappa shape index (κ1) is 24.8. The Morgan fingerprint density at radius 2 is 2.10 bits per heavy atom. The van der Waals surface area contributed by atoms with Crippen LogP contribution in [0.25, 0.3) is 10.9 Å². The standard InChI is InChI=1S/C33H38N4O3/c38-32-29-6-5-27(15-24(29)19-37(32)26-2-1-11-34-17-26)40-28-9-12-36(20-28)18-22-3-7-30-23(14-22)4-8-31(35-30)33-10-13-39-21-25(33)16-33/h3-8,14-15,25-26,28,34H,1-2,9-13,16-21H2/t25?,26?,28-,33?/m0/s1. The number of carbonyl (C=O) groups excluding carboxylic acids is 1. The highest BCUT2D eigenvalue weighted by molar-refractivity contribution is 5.98. The van der Waals surface area contributed by atoms with Gasteiger partial charge in [-0.3, -0.25) is 14.7 Å². The van der Waals surface area contributed by atoms with Gasteiger partial charge in [0, 0.05) is 67.4 Å². The van der Waals surface area contributed by atoms with Crippen molar-refractivity contribution in [3.8, 4) is 5.75 Å². The lowest BCUT2D eigenvalue weighted by Gasteiger charge is -2.31. The van der Waals surface area contributed by atoms with E-state index in [0.29, 0.717) is 18.5 Å². The van der Waals surface area contributed by atoms with E-state index in [-0.39, 0.29) is 17.4 Å². The molecule has 0 spiro atoms. The monoisotopic (exact) mass is 538 g/mol. The van der Waals surface area contributed by atoms with Crippen molar-refractivity contribution in [2.24, 2.45) is 5.92 Å². The number of piperidine rings is 1. The summed E-state index contributed by atoms with van der Waals surface area (Å²) in [6, 6.07) is 17.6. The summed E-state index contributed by atoms with van der Waals surface area (Å²) >= 11 is 0. The summed E-state index contributed by atoms with van der Waals surface area (Å²) < 4.78 is 12.1. The fraction of sp³-hybridized carbons (Fsp3) is 0.515. The van der Waals surface area contributed by atoms with Crippen molar-refractivity contribution in [1.29, 1.82) is 0 Å². The van der Waals surface area contributed by atoms with Crippen LogP contribution in [-0.2, 0) is 23.2 Å². The lowest BCUT2D eigenvalue weighted by atomic mass is 9.93. The molecule has 3 unspecified atom stereocenters. The highest BCUT2D eigenvalue weighted by Crippen LogP contribution is 2.58. The predicted molar refractivity (Wildman–Crippen MR) is 153 cm³/mol. The topological polar surface area (TPSA) is 66.9 Å². The van der Waals surface area contributed by atoms with E-state index in [4.69, 9.17) is 14.5 Å². The van der Waals surface area contributed by atoms with Crippen molar-refractivity contribution in [3.63, 3.8) is 0 Å². The molecule has 1 saturated carbocycles. The third-order valence-corrected chi connectivity index (χ3v) is 10.1. The van der Waals surface area contributed by atoms with Crippen molar-refractivity contribution in [2.45, 2.75) is 62.8 Å². The van der Waals surface area contributed by atoms with E-state index in [2.05, 4.69) is 46.6 Å². The molecule has 3 saturated heterocycles. The number of carbonyl (C=O) groups is 1. The van der Waals surface area contributed by atoms with E-state index in [1.807, 2.05) is 17.0 Å². The largest absolute Gasteiger partial charge is 0.489 e. The van der Waals surface area contributed by atoms with Gasteiger partial charge in [0.25, 0.3) is 5.91 Å². The number of likely N-dealkylation sites (tertiary alicyclic amines) is 1. The van der Waals surface area contributed by atoms with Gasteiger partial charge >= 0.3 is 0 Å². The minimum atomic E-state index is 0.170. The Hall–Kier alpha value is -3.00. The van der Waals surface area contributed by atoms with Gasteiger partial charge in [-0.25, -0.2) is 0 Å². The van der Waals surface area contributed by atoms with Gasteiger partial charge in [0.2, 0.25) is 0 Å². The van der Waals surface area contributed by atoms with Crippen LogP contribution in [0.5, 0.6) is 5.75 Å². The van der Waals surface area contributed by atoms with Crippen LogP contribution < -0.4 is 10.1 Å². The quantitative estimate of drug-likeness (QED) is 0.506. The molecule has 4 aliphatic heterocycles. The molecule has 0 radical (unpaired) electrons. The molecule has 7 nitrogen and oxygen atoms in total. The van der Waals surface area contributed by atoms with Crippen LogP contribution >= 0.6 is 0 Å². The molecule has 208 valence electrons. The number of hydrogen-bond acceptors (Lipinski definition) is 6. The molecule has 1 aromatic heterocycles. The number of aromatic nitrogens is 1. The zero-order valence-corrected chi connectivity index (χ0v) is 23.1. The molecule has 1 N–H and O–H groups in total. The first-order valence-electron chi connectivity index (χ1n) is 15.2. The number of benzene rings is 2. The van der Waals surface area contributed by atoms with Crippen LogP contribution in [0, 0.1) is 5.92 Å². The smallest absolute Gasteiger partial charge is 0.254 e. The Kier molecular flexibility index (Phi) is 6.08. The van der Waals surface area contributed by atoms with E-state index in [0.717, 1.165) is 94.0 Å². The highest BCUT2D eigenvalue weighted by Gasteiger charge is 2.57. The number of ether oxygens (including phenoxy) is 2. The van der Waals surface area contributed by atoms with Crippen LogP contribution in [0.2, 0.25) is 0 Å². The fourth-order valence-corrected chi connectivity index (χ4v) is 7.65. The second kappa shape index (κ2) is 9.82. The van der Waals surface area contributed by atoms with Crippen molar-refractivity contribution in [1.82, 2.24) is 20.1 Å². The van der Waals surface area contributed by atoms with Gasteiger partial charge in [0.1, 0.15) is 11.9 Å². The maximum atomic E-state index is 13.0. The lowest BCUT2D eigenvalue weighted by Crippen LogP contribution is -2.46. The molecule has 1 aliphatic carbocycles. The summed E-state index contributed by atoms with van der Waals surface area (Å²) in [5, 5.41) is 4.66. The normalized spacial score (nSPS) is 29.9. The molecule has 40 heavy (non-hydrogen) atoms. The summed E-state index contributed by atoms with van der Waals surface area (Å²) in [5.74, 6) is 1.71. The molecular weight excluding hydrogens is 500 g/mol. The van der Waals surface area contributed by atoms with E-state index in [9.17, 15) is 4.79 Å². The Morgan fingerprint density at radius 3 is 3.00 bits per heavy atom. The molecule has 2 aromatic carbocycles. The minimum Gasteiger partial charge on any atom is -0.489 e. The Balaban J connectivity index is 0.892. The van der Waals surface area contributed by atoms with Crippen LogP contribution in [0.4, 0.5) is 0 Å². The molecule has 7 heteroatoms. The third kappa shape index (κ3) is 4.39. The van der Waals surface area contributed by atoms with Crippen molar-refractivity contribution < 1.29 is 14.3 Å². The average molecular weight is 539 g/mol. The molecule has 1 amide bonds. The van der Waals surface area contributed by atoms with Crippen molar-refractivity contribution >= 4 is 16.8 Å². The summed E-state index contributed by atoms with van der Waals surface area (Å²) in [4.78, 5) is 22.6. The van der Waals surface area contributed by atoms with E-state index < -0.39 is 0 Å². The minimum absolute atomic E-state index is 0.170. The first-order chi connectivity index (χ1) is 19.6. The number of rotatable bonds is 6. The van der Waals surface area contributed by atoms with Crippen LogP contribution in [0.3, 0.4) is 0 Å². The van der Waals surface area contributed by atoms with Crippen LogP contribution in [-0.4, -0.2) is 72.2 Å². The fourth-order valence-electron chi connectivity index (χ4n) is 7.65. The van der Waals surface area contributed by atoms with Gasteiger partial charge in [0.15, 0.2) is 0 Å². The highest BCUT2D eigenvalue weighted by atomic mass is 16.5. The average Bonchev–Trinajstić information content (AvgIpc) is 3.46. The van der Waals surface area contributed by atoms with E-state index in [1.165, 1.54) is 23.1 Å². The number of nitrogens with one attached hydrogen (secondary N) is 1.